The quantitative estimate of drug-likeness (QED) is 0.284. The summed E-state index contributed by atoms with van der Waals surface area (Å²) in [7, 11) is 0. The van der Waals surface area contributed by atoms with Crippen LogP contribution in [0.25, 0.3) is 11.1 Å². The fourth-order valence-corrected chi connectivity index (χ4v) is 4.11. The number of ether oxygens (including phenoxy) is 2. The Kier molecular flexibility index (Phi) is 7.98. The maximum atomic E-state index is 14.6. The molecule has 2 unspecified atom stereocenters. The van der Waals surface area contributed by atoms with E-state index in [0.717, 1.165) is 37.8 Å². The lowest BCUT2D eigenvalue weighted by atomic mass is 9.93. The minimum absolute atomic E-state index is 0.0423. The van der Waals surface area contributed by atoms with Gasteiger partial charge < -0.3 is 9.47 Å². The SMILES string of the molecule is CCCCCC1CCC(C(F)(F)Oc2ccc(-c3ccc(C)c(F)c3C(F)(F)F)cc2)OC1. The van der Waals surface area contributed by atoms with Crippen LogP contribution in [-0.4, -0.2) is 18.8 Å². The maximum absolute atomic E-state index is 14.6. The van der Waals surface area contributed by atoms with Crippen molar-refractivity contribution in [2.45, 2.75) is 70.8 Å². The summed E-state index contributed by atoms with van der Waals surface area (Å²) in [4.78, 5) is 0. The van der Waals surface area contributed by atoms with Gasteiger partial charge in [-0.1, -0.05) is 50.5 Å². The molecule has 2 aromatic rings. The van der Waals surface area contributed by atoms with Gasteiger partial charge in [-0.05, 0) is 60.9 Å². The third-order valence-electron chi connectivity index (χ3n) is 6.00. The highest BCUT2D eigenvalue weighted by atomic mass is 19.4. The van der Waals surface area contributed by atoms with Gasteiger partial charge in [0.25, 0.3) is 0 Å². The second kappa shape index (κ2) is 10.4. The maximum Gasteiger partial charge on any atom is 0.424 e. The largest absolute Gasteiger partial charge is 0.431 e. The summed E-state index contributed by atoms with van der Waals surface area (Å²) in [6.45, 7) is 3.60. The smallest absolute Gasteiger partial charge is 0.424 e. The zero-order valence-corrected chi connectivity index (χ0v) is 18.7. The molecular weight excluding hydrogens is 446 g/mol. The molecule has 0 amide bonds. The Hall–Kier alpha value is -2.22. The van der Waals surface area contributed by atoms with Crippen molar-refractivity contribution in [1.82, 2.24) is 0 Å². The Balaban J connectivity index is 1.69. The van der Waals surface area contributed by atoms with E-state index in [0.29, 0.717) is 6.42 Å². The molecule has 182 valence electrons. The van der Waals surface area contributed by atoms with Crippen molar-refractivity contribution in [2.24, 2.45) is 5.92 Å². The Labute approximate surface area is 189 Å². The number of benzene rings is 2. The molecule has 0 N–H and O–H groups in total. The third kappa shape index (κ3) is 6.22. The van der Waals surface area contributed by atoms with Crippen molar-refractivity contribution < 1.29 is 35.8 Å². The van der Waals surface area contributed by atoms with Gasteiger partial charge in [0, 0.05) is 0 Å². The average molecular weight is 474 g/mol. The summed E-state index contributed by atoms with van der Waals surface area (Å²) in [5.74, 6) is -1.30. The van der Waals surface area contributed by atoms with E-state index in [1.54, 1.807) is 0 Å². The van der Waals surface area contributed by atoms with Gasteiger partial charge in [0.05, 0.1) is 12.2 Å². The highest BCUT2D eigenvalue weighted by Crippen LogP contribution is 2.41. The molecule has 0 aliphatic carbocycles. The lowest BCUT2D eigenvalue weighted by Gasteiger charge is -2.33. The molecule has 1 saturated heterocycles. The number of hydrogen-bond donors (Lipinski definition) is 0. The van der Waals surface area contributed by atoms with Gasteiger partial charge in [-0.2, -0.15) is 22.0 Å². The van der Waals surface area contributed by atoms with Gasteiger partial charge in [-0.3, -0.25) is 0 Å². The molecule has 3 rings (SSSR count). The van der Waals surface area contributed by atoms with Crippen molar-refractivity contribution in [3.8, 4) is 16.9 Å². The third-order valence-corrected chi connectivity index (χ3v) is 6.00. The molecule has 8 heteroatoms. The highest BCUT2D eigenvalue weighted by molar-refractivity contribution is 5.69. The van der Waals surface area contributed by atoms with Crippen molar-refractivity contribution in [2.75, 3.05) is 6.61 Å². The van der Waals surface area contributed by atoms with Gasteiger partial charge in [-0.15, -0.1) is 0 Å². The van der Waals surface area contributed by atoms with Gasteiger partial charge in [0.2, 0.25) is 0 Å². The summed E-state index contributed by atoms with van der Waals surface area (Å²) >= 11 is 0. The van der Waals surface area contributed by atoms with Crippen molar-refractivity contribution in [3.63, 3.8) is 0 Å². The van der Waals surface area contributed by atoms with E-state index in [1.165, 1.54) is 31.2 Å². The molecule has 1 aliphatic heterocycles. The number of halogens is 6. The van der Waals surface area contributed by atoms with Crippen LogP contribution in [-0.2, 0) is 10.9 Å². The lowest BCUT2D eigenvalue weighted by Crippen LogP contribution is -2.44. The minimum atomic E-state index is -4.90. The first kappa shape index (κ1) is 25.4. The molecular formula is C25H28F6O2. The summed E-state index contributed by atoms with van der Waals surface area (Å²) in [6.07, 6.45) is -4.87. The molecule has 2 atom stereocenters. The van der Waals surface area contributed by atoms with Gasteiger partial charge in [0.1, 0.15) is 11.6 Å². The number of aryl methyl sites for hydroxylation is 1. The van der Waals surface area contributed by atoms with Gasteiger partial charge >= 0.3 is 12.3 Å². The predicted molar refractivity (Wildman–Crippen MR) is 114 cm³/mol. The van der Waals surface area contributed by atoms with Crippen LogP contribution < -0.4 is 4.74 Å². The molecule has 1 fully saturated rings. The van der Waals surface area contributed by atoms with Crippen LogP contribution in [0.4, 0.5) is 26.3 Å². The van der Waals surface area contributed by atoms with Gasteiger partial charge in [0.15, 0.2) is 6.10 Å². The first-order valence-corrected chi connectivity index (χ1v) is 11.2. The highest BCUT2D eigenvalue weighted by Gasteiger charge is 2.45. The zero-order chi connectivity index (χ0) is 24.2. The molecule has 0 radical (unpaired) electrons. The molecule has 1 aliphatic rings. The fourth-order valence-electron chi connectivity index (χ4n) is 4.11. The molecule has 2 aromatic carbocycles. The van der Waals surface area contributed by atoms with E-state index in [2.05, 4.69) is 6.92 Å². The van der Waals surface area contributed by atoms with E-state index in [9.17, 15) is 26.3 Å². The summed E-state index contributed by atoms with van der Waals surface area (Å²) in [6, 6.07) is 7.12. The van der Waals surface area contributed by atoms with E-state index < -0.39 is 29.8 Å². The van der Waals surface area contributed by atoms with E-state index >= 15 is 0 Å². The Bertz CT molecular complexity index is 916. The average Bonchev–Trinajstić information content (AvgIpc) is 2.75. The normalized spacial score (nSPS) is 19.5. The van der Waals surface area contributed by atoms with Crippen LogP contribution in [0.3, 0.4) is 0 Å². The Morgan fingerprint density at radius 1 is 0.970 bits per heavy atom. The number of alkyl halides is 5. The van der Waals surface area contributed by atoms with E-state index in [-0.39, 0.29) is 41.4 Å². The van der Waals surface area contributed by atoms with Crippen LogP contribution in [0.2, 0.25) is 0 Å². The number of hydrogen-bond acceptors (Lipinski definition) is 2. The molecule has 2 nitrogen and oxygen atoms in total. The lowest BCUT2D eigenvalue weighted by molar-refractivity contribution is -0.265. The zero-order valence-electron chi connectivity index (χ0n) is 18.7. The molecule has 0 saturated carbocycles. The fraction of sp³-hybridized carbons (Fsp3) is 0.520. The van der Waals surface area contributed by atoms with Crippen LogP contribution in [0.1, 0.15) is 56.6 Å². The molecule has 0 bridgehead atoms. The van der Waals surface area contributed by atoms with Gasteiger partial charge in [-0.25, -0.2) is 4.39 Å². The summed E-state index contributed by atoms with van der Waals surface area (Å²) < 4.78 is 94.0. The number of rotatable bonds is 8. The van der Waals surface area contributed by atoms with Crippen molar-refractivity contribution in [1.29, 1.82) is 0 Å². The minimum Gasteiger partial charge on any atom is -0.431 e. The van der Waals surface area contributed by atoms with Crippen LogP contribution in [0, 0.1) is 18.7 Å². The summed E-state index contributed by atoms with van der Waals surface area (Å²) in [5.41, 5.74) is -1.84. The van der Waals surface area contributed by atoms with Crippen LogP contribution in [0.5, 0.6) is 5.75 Å². The van der Waals surface area contributed by atoms with Crippen molar-refractivity contribution >= 4 is 0 Å². The van der Waals surface area contributed by atoms with E-state index in [4.69, 9.17) is 9.47 Å². The Morgan fingerprint density at radius 3 is 2.24 bits per heavy atom. The first-order valence-electron chi connectivity index (χ1n) is 11.2. The molecule has 33 heavy (non-hydrogen) atoms. The first-order chi connectivity index (χ1) is 15.5. The molecule has 1 heterocycles. The van der Waals surface area contributed by atoms with Crippen molar-refractivity contribution in [3.05, 3.63) is 53.3 Å². The number of unbranched alkanes of at least 4 members (excludes halogenated alkanes) is 2. The van der Waals surface area contributed by atoms with Crippen LogP contribution in [0.15, 0.2) is 36.4 Å². The molecule has 0 aromatic heterocycles. The second-order valence-electron chi connectivity index (χ2n) is 8.57. The van der Waals surface area contributed by atoms with E-state index in [1.807, 2.05) is 0 Å². The van der Waals surface area contributed by atoms with Crippen LogP contribution >= 0.6 is 0 Å². The molecule has 0 spiro atoms. The topological polar surface area (TPSA) is 18.5 Å². The second-order valence-corrected chi connectivity index (χ2v) is 8.57. The predicted octanol–water partition coefficient (Wildman–Crippen LogP) is 8.17. The monoisotopic (exact) mass is 474 g/mol. The summed E-state index contributed by atoms with van der Waals surface area (Å²) in [5, 5.41) is 0. The standard InChI is InChI=1S/C25H28F6O2/c1-3-4-5-6-17-8-14-21(32-15-17)25(30,31)33-19-11-9-18(10-12-19)20-13-7-16(2)23(26)22(20)24(27,28)29/h7,9-13,17,21H,3-6,8,14-15H2,1-2H3. The Morgan fingerprint density at radius 2 is 1.67 bits per heavy atom.